The van der Waals surface area contributed by atoms with E-state index in [0.717, 1.165) is 55.9 Å². The van der Waals surface area contributed by atoms with Crippen molar-refractivity contribution < 1.29 is 14.8 Å². The summed E-state index contributed by atoms with van der Waals surface area (Å²) in [7, 11) is 0. The summed E-state index contributed by atoms with van der Waals surface area (Å²) in [5.41, 5.74) is 10.6. The SMILES string of the molecule is C=[N+]1C(c2ccccc2-c2cc(C(C)(C)C)cc(C(C)(C)C)c2O)=CNC=C1c1ccccc1-c1cc(C(C)(C)C)cc(C(C)(C)C)c1O. The van der Waals surface area contributed by atoms with Crippen molar-refractivity contribution in [3.63, 3.8) is 0 Å². The maximum Gasteiger partial charge on any atom is 0.234 e. The van der Waals surface area contributed by atoms with Gasteiger partial charge in [0.2, 0.25) is 11.4 Å². The molecule has 0 radical (unpaired) electrons. The van der Waals surface area contributed by atoms with Crippen molar-refractivity contribution in [3.8, 4) is 33.8 Å². The van der Waals surface area contributed by atoms with E-state index in [1.807, 2.05) is 41.2 Å². The van der Waals surface area contributed by atoms with Gasteiger partial charge in [-0.05, 0) is 68.2 Å². The summed E-state index contributed by atoms with van der Waals surface area (Å²) >= 11 is 0. The topological polar surface area (TPSA) is 55.5 Å². The fraction of sp³-hybridized carbons (Fsp3) is 0.356. The summed E-state index contributed by atoms with van der Waals surface area (Å²) < 4.78 is 1.96. The van der Waals surface area contributed by atoms with Gasteiger partial charge in [-0.3, -0.25) is 0 Å². The first-order chi connectivity index (χ1) is 22.6. The third kappa shape index (κ3) is 6.97. The molecule has 0 amide bonds. The number of hydrogen-bond acceptors (Lipinski definition) is 3. The molecule has 0 saturated carbocycles. The number of benzene rings is 4. The first kappa shape index (κ1) is 35.7. The van der Waals surface area contributed by atoms with Crippen molar-refractivity contribution in [2.24, 2.45) is 0 Å². The van der Waals surface area contributed by atoms with Crippen LogP contribution in [-0.4, -0.2) is 21.5 Å². The van der Waals surface area contributed by atoms with E-state index in [4.69, 9.17) is 0 Å². The van der Waals surface area contributed by atoms with Gasteiger partial charge in [-0.2, -0.15) is 4.58 Å². The Kier molecular flexibility index (Phi) is 9.04. The minimum atomic E-state index is -0.249. The number of phenols is 2. The number of aromatic hydroxyl groups is 2. The third-order valence-corrected chi connectivity index (χ3v) is 9.58. The van der Waals surface area contributed by atoms with E-state index < -0.39 is 0 Å². The molecule has 0 saturated heterocycles. The highest BCUT2D eigenvalue weighted by atomic mass is 16.3. The second kappa shape index (κ2) is 12.4. The second-order valence-corrected chi connectivity index (χ2v) is 17.6. The van der Waals surface area contributed by atoms with Crippen molar-refractivity contribution in [2.75, 3.05) is 0 Å². The van der Waals surface area contributed by atoms with Crippen molar-refractivity contribution in [3.05, 3.63) is 119 Å². The zero-order valence-electron chi connectivity index (χ0n) is 31.6. The lowest BCUT2D eigenvalue weighted by molar-refractivity contribution is -0.313. The van der Waals surface area contributed by atoms with E-state index in [0.29, 0.717) is 11.5 Å². The monoisotopic (exact) mass is 655 g/mol. The van der Waals surface area contributed by atoms with Crippen LogP contribution in [0.15, 0.2) is 85.2 Å². The van der Waals surface area contributed by atoms with Crippen LogP contribution in [0.3, 0.4) is 0 Å². The molecule has 0 unspecified atom stereocenters. The Hall–Kier alpha value is -4.57. The smallest absolute Gasteiger partial charge is 0.234 e. The fourth-order valence-electron chi connectivity index (χ4n) is 6.50. The maximum atomic E-state index is 11.8. The molecule has 4 heteroatoms. The van der Waals surface area contributed by atoms with E-state index >= 15 is 0 Å². The Balaban J connectivity index is 1.67. The van der Waals surface area contributed by atoms with Crippen LogP contribution >= 0.6 is 0 Å². The van der Waals surface area contributed by atoms with E-state index in [1.165, 1.54) is 11.1 Å². The highest BCUT2D eigenvalue weighted by molar-refractivity contribution is 5.88. The maximum absolute atomic E-state index is 11.8. The standard InChI is InChI=1S/C45H54N2O2/c1-42(2,3)28-22-34(40(48)36(24-28)44(7,8)9)30-18-14-16-20-32(30)38-26-46-27-39(47(38)13)33-21-17-15-19-31(33)35-23-29(43(4,5)6)25-37(41(35)49)45(10,11)12/h14-27,46H,13H2,1-12H3,(H-,48,49)/p+1. The molecule has 0 fully saturated rings. The van der Waals surface area contributed by atoms with E-state index in [9.17, 15) is 10.2 Å². The average Bonchev–Trinajstić information content (AvgIpc) is 2.99. The summed E-state index contributed by atoms with van der Waals surface area (Å²) in [6.07, 6.45) is 3.92. The molecule has 1 heterocycles. The lowest BCUT2D eigenvalue weighted by atomic mass is 9.77. The minimum absolute atomic E-state index is 0.107. The van der Waals surface area contributed by atoms with E-state index in [2.05, 4.69) is 144 Å². The zero-order chi connectivity index (χ0) is 36.3. The van der Waals surface area contributed by atoms with Crippen LogP contribution in [-0.2, 0) is 21.7 Å². The first-order valence-corrected chi connectivity index (χ1v) is 17.3. The molecule has 0 aliphatic carbocycles. The Bertz CT molecular complexity index is 1850. The number of nitrogens with zero attached hydrogens (tertiary/aromatic N) is 1. The zero-order valence-corrected chi connectivity index (χ0v) is 31.6. The van der Waals surface area contributed by atoms with Gasteiger partial charge < -0.3 is 15.5 Å². The van der Waals surface area contributed by atoms with Gasteiger partial charge >= 0.3 is 0 Å². The van der Waals surface area contributed by atoms with Crippen LogP contribution in [0.4, 0.5) is 0 Å². The quantitative estimate of drug-likeness (QED) is 0.192. The Morgan fingerprint density at radius 3 is 1.10 bits per heavy atom. The molecule has 4 aromatic carbocycles. The van der Waals surface area contributed by atoms with Gasteiger partial charge in [-0.15, -0.1) is 0 Å². The van der Waals surface area contributed by atoms with E-state index in [1.54, 1.807) is 0 Å². The molecule has 1 aliphatic rings. The molecular weight excluding hydrogens is 601 g/mol. The molecule has 5 rings (SSSR count). The molecule has 0 aromatic heterocycles. The molecular formula is C45H55N2O2+. The lowest BCUT2D eigenvalue weighted by Gasteiger charge is -2.28. The number of hydrogen-bond donors (Lipinski definition) is 3. The second-order valence-electron chi connectivity index (χ2n) is 17.6. The molecule has 49 heavy (non-hydrogen) atoms. The van der Waals surface area contributed by atoms with Gasteiger partial charge in [0.25, 0.3) is 0 Å². The largest absolute Gasteiger partial charge is 0.507 e. The average molecular weight is 656 g/mol. The molecule has 1 aliphatic heterocycles. The van der Waals surface area contributed by atoms with Crippen LogP contribution < -0.4 is 5.32 Å². The van der Waals surface area contributed by atoms with Crippen molar-refractivity contribution in [1.29, 1.82) is 0 Å². The summed E-state index contributed by atoms with van der Waals surface area (Å²) in [5.74, 6) is 0.607. The number of phenolic OH excluding ortho intramolecular Hbond substituents is 2. The molecule has 4 aromatic rings. The molecule has 0 atom stereocenters. The van der Waals surface area contributed by atoms with Gasteiger partial charge in [0, 0.05) is 22.3 Å². The van der Waals surface area contributed by atoms with Gasteiger partial charge in [0.1, 0.15) is 18.2 Å². The molecule has 4 nitrogen and oxygen atoms in total. The normalized spacial score (nSPS) is 14.3. The van der Waals surface area contributed by atoms with Crippen molar-refractivity contribution >= 4 is 18.1 Å². The predicted molar refractivity (Wildman–Crippen MR) is 208 cm³/mol. The fourth-order valence-corrected chi connectivity index (χ4v) is 6.50. The van der Waals surface area contributed by atoms with Crippen molar-refractivity contribution in [1.82, 2.24) is 5.32 Å². The third-order valence-electron chi connectivity index (χ3n) is 9.58. The van der Waals surface area contributed by atoms with Gasteiger partial charge in [0.05, 0.1) is 23.5 Å². The van der Waals surface area contributed by atoms with Crippen molar-refractivity contribution in [2.45, 2.75) is 105 Å². The predicted octanol–water partition coefficient (Wildman–Crippen LogP) is 11.2. The summed E-state index contributed by atoms with van der Waals surface area (Å²) in [4.78, 5) is 0. The van der Waals surface area contributed by atoms with Crippen LogP contribution in [0.25, 0.3) is 33.6 Å². The minimum Gasteiger partial charge on any atom is -0.507 e. The van der Waals surface area contributed by atoms with Crippen LogP contribution in [0.5, 0.6) is 11.5 Å². The summed E-state index contributed by atoms with van der Waals surface area (Å²) in [6, 6.07) is 25.0. The molecule has 256 valence electrons. The molecule has 0 bridgehead atoms. The first-order valence-electron chi connectivity index (χ1n) is 17.3. The highest BCUT2D eigenvalue weighted by Gasteiger charge is 2.32. The van der Waals surface area contributed by atoms with Gasteiger partial charge in [0.15, 0.2) is 0 Å². The summed E-state index contributed by atoms with van der Waals surface area (Å²) in [6.45, 7) is 30.7. The molecule has 3 N–H and O–H groups in total. The lowest BCUT2D eigenvalue weighted by Crippen LogP contribution is -2.19. The van der Waals surface area contributed by atoms with Crippen LogP contribution in [0.1, 0.15) is 116 Å². The Morgan fingerprint density at radius 1 is 0.469 bits per heavy atom. The van der Waals surface area contributed by atoms with E-state index in [-0.39, 0.29) is 21.7 Å². The van der Waals surface area contributed by atoms with Gasteiger partial charge in [-0.1, -0.05) is 132 Å². The Morgan fingerprint density at radius 2 is 0.796 bits per heavy atom. The highest BCUT2D eigenvalue weighted by Crippen LogP contribution is 2.47. The Labute approximate surface area is 294 Å². The molecule has 0 spiro atoms. The van der Waals surface area contributed by atoms with Gasteiger partial charge in [-0.25, -0.2) is 0 Å². The number of rotatable bonds is 4. The summed E-state index contributed by atoms with van der Waals surface area (Å²) in [5, 5.41) is 27.1. The van der Waals surface area contributed by atoms with Crippen LogP contribution in [0, 0.1) is 0 Å². The van der Waals surface area contributed by atoms with Crippen LogP contribution in [0.2, 0.25) is 0 Å². The number of nitrogens with one attached hydrogen (secondary N) is 1.